The van der Waals surface area contributed by atoms with Crippen LogP contribution >= 0.6 is 0 Å². The summed E-state index contributed by atoms with van der Waals surface area (Å²) < 4.78 is 39.9. The quantitative estimate of drug-likeness (QED) is 0.641. The first-order valence-electron chi connectivity index (χ1n) is 10.4. The topological polar surface area (TPSA) is 78.3 Å². The maximum Gasteiger partial charge on any atom is 0.416 e. The van der Waals surface area contributed by atoms with E-state index in [1.54, 1.807) is 12.3 Å². The van der Waals surface area contributed by atoms with E-state index in [-0.39, 0.29) is 36.6 Å². The van der Waals surface area contributed by atoms with Crippen molar-refractivity contribution in [2.24, 2.45) is 11.8 Å². The summed E-state index contributed by atoms with van der Waals surface area (Å²) in [7, 11) is 0. The molecule has 0 saturated heterocycles. The molecule has 1 aromatic heterocycles. The largest absolute Gasteiger partial charge is 0.416 e. The van der Waals surface area contributed by atoms with Crippen molar-refractivity contribution in [2.45, 2.75) is 56.5 Å². The molecular formula is C22H26F3N3O2. The molecule has 2 aliphatic rings. The van der Waals surface area contributed by atoms with Crippen molar-refractivity contribution in [1.29, 1.82) is 0 Å². The molecule has 3 N–H and O–H groups in total. The van der Waals surface area contributed by atoms with Crippen molar-refractivity contribution in [3.63, 3.8) is 0 Å². The van der Waals surface area contributed by atoms with E-state index in [9.17, 15) is 23.4 Å². The normalized spacial score (nSPS) is 26.8. The predicted molar refractivity (Wildman–Crippen MR) is 104 cm³/mol. The lowest BCUT2D eigenvalue weighted by atomic mass is 9.88. The molecule has 2 aliphatic carbocycles. The van der Waals surface area contributed by atoms with Gasteiger partial charge in [-0.2, -0.15) is 13.2 Å². The SMILES string of the molecule is OC[C@@H]1[C@@H](Cc2ccnc(C3CC3)n2)[C@H](NCc2ccccc2C(F)(F)F)C[C@H]1O. The van der Waals surface area contributed by atoms with Crippen molar-refractivity contribution in [3.8, 4) is 0 Å². The number of aromatic nitrogens is 2. The third kappa shape index (κ3) is 4.66. The summed E-state index contributed by atoms with van der Waals surface area (Å²) in [4.78, 5) is 8.97. The lowest BCUT2D eigenvalue weighted by Crippen LogP contribution is -2.36. The smallest absolute Gasteiger partial charge is 0.396 e. The Balaban J connectivity index is 1.50. The summed E-state index contributed by atoms with van der Waals surface area (Å²) in [5.74, 6) is 0.764. The van der Waals surface area contributed by atoms with Gasteiger partial charge in [0.1, 0.15) is 5.82 Å². The molecule has 2 aromatic rings. The third-order valence-electron chi connectivity index (χ3n) is 6.26. The first-order chi connectivity index (χ1) is 14.4. The number of alkyl halides is 3. The highest BCUT2D eigenvalue weighted by Crippen LogP contribution is 2.39. The fraction of sp³-hybridized carbons (Fsp3) is 0.545. The van der Waals surface area contributed by atoms with E-state index < -0.39 is 17.8 Å². The molecule has 0 aliphatic heterocycles. The second-order valence-electron chi connectivity index (χ2n) is 8.34. The van der Waals surface area contributed by atoms with Gasteiger partial charge in [-0.1, -0.05) is 18.2 Å². The molecule has 1 aromatic carbocycles. The van der Waals surface area contributed by atoms with E-state index in [2.05, 4.69) is 15.3 Å². The highest BCUT2D eigenvalue weighted by atomic mass is 19.4. The molecule has 0 radical (unpaired) electrons. The summed E-state index contributed by atoms with van der Waals surface area (Å²) in [5, 5.41) is 23.5. The number of aliphatic hydroxyl groups excluding tert-OH is 2. The molecule has 4 atom stereocenters. The number of rotatable bonds is 7. The van der Waals surface area contributed by atoms with Crippen molar-refractivity contribution >= 4 is 0 Å². The van der Waals surface area contributed by atoms with E-state index in [0.717, 1.165) is 30.4 Å². The number of aliphatic hydroxyl groups is 2. The van der Waals surface area contributed by atoms with E-state index in [4.69, 9.17) is 0 Å². The zero-order valence-corrected chi connectivity index (χ0v) is 16.5. The Labute approximate surface area is 173 Å². The fourth-order valence-electron chi connectivity index (χ4n) is 4.48. The van der Waals surface area contributed by atoms with Gasteiger partial charge in [0.2, 0.25) is 0 Å². The zero-order valence-electron chi connectivity index (χ0n) is 16.5. The highest BCUT2D eigenvalue weighted by Gasteiger charge is 2.42. The molecule has 4 rings (SSSR count). The summed E-state index contributed by atoms with van der Waals surface area (Å²) >= 11 is 0. The molecule has 2 saturated carbocycles. The average Bonchev–Trinajstić information content (AvgIpc) is 3.52. The van der Waals surface area contributed by atoms with Crippen LogP contribution in [-0.4, -0.2) is 38.9 Å². The Morgan fingerprint density at radius 1 is 1.10 bits per heavy atom. The number of nitrogens with one attached hydrogen (secondary N) is 1. The number of hydrogen-bond acceptors (Lipinski definition) is 5. The minimum Gasteiger partial charge on any atom is -0.396 e. The Morgan fingerprint density at radius 3 is 2.57 bits per heavy atom. The molecular weight excluding hydrogens is 395 g/mol. The first kappa shape index (κ1) is 21.2. The Bertz CT molecular complexity index is 873. The van der Waals surface area contributed by atoms with Crippen LogP contribution in [0.4, 0.5) is 13.2 Å². The molecule has 1 heterocycles. The van der Waals surface area contributed by atoms with Gasteiger partial charge in [-0.05, 0) is 49.3 Å². The van der Waals surface area contributed by atoms with Gasteiger partial charge in [0.05, 0.1) is 11.7 Å². The van der Waals surface area contributed by atoms with Gasteiger partial charge >= 0.3 is 6.18 Å². The van der Waals surface area contributed by atoms with Gasteiger partial charge < -0.3 is 15.5 Å². The van der Waals surface area contributed by atoms with Gasteiger partial charge in [0, 0.05) is 42.9 Å². The van der Waals surface area contributed by atoms with Crippen molar-refractivity contribution in [3.05, 3.63) is 59.2 Å². The summed E-state index contributed by atoms with van der Waals surface area (Å²) in [6, 6.07) is 7.12. The lowest BCUT2D eigenvalue weighted by molar-refractivity contribution is -0.138. The molecule has 0 bridgehead atoms. The monoisotopic (exact) mass is 421 g/mol. The second kappa shape index (κ2) is 8.61. The maximum absolute atomic E-state index is 13.3. The second-order valence-corrected chi connectivity index (χ2v) is 8.34. The van der Waals surface area contributed by atoms with Gasteiger partial charge in [0.15, 0.2) is 0 Å². The third-order valence-corrected chi connectivity index (χ3v) is 6.26. The van der Waals surface area contributed by atoms with Gasteiger partial charge in [0.25, 0.3) is 0 Å². The van der Waals surface area contributed by atoms with E-state index >= 15 is 0 Å². The lowest BCUT2D eigenvalue weighted by Gasteiger charge is -2.25. The minimum absolute atomic E-state index is 0.0405. The van der Waals surface area contributed by atoms with Crippen molar-refractivity contribution in [2.75, 3.05) is 6.61 Å². The first-order valence-corrected chi connectivity index (χ1v) is 10.4. The number of halogens is 3. The molecule has 0 unspecified atom stereocenters. The Hall–Kier alpha value is -2.03. The predicted octanol–water partition coefficient (Wildman–Crippen LogP) is 3.06. The highest BCUT2D eigenvalue weighted by molar-refractivity contribution is 5.29. The average molecular weight is 421 g/mol. The van der Waals surface area contributed by atoms with Crippen LogP contribution in [0.5, 0.6) is 0 Å². The number of hydrogen-bond donors (Lipinski definition) is 3. The Morgan fingerprint density at radius 2 is 1.87 bits per heavy atom. The molecule has 0 spiro atoms. The minimum atomic E-state index is -4.42. The zero-order chi connectivity index (χ0) is 21.3. The van der Waals surface area contributed by atoms with Crippen LogP contribution in [0.3, 0.4) is 0 Å². The van der Waals surface area contributed by atoms with Gasteiger partial charge in [-0.25, -0.2) is 9.97 Å². The van der Waals surface area contributed by atoms with Crippen LogP contribution in [0.1, 0.15) is 47.8 Å². The van der Waals surface area contributed by atoms with Crippen LogP contribution in [0, 0.1) is 11.8 Å². The Kier molecular flexibility index (Phi) is 6.09. The summed E-state index contributed by atoms with van der Waals surface area (Å²) in [5.41, 5.74) is 0.354. The fourth-order valence-corrected chi connectivity index (χ4v) is 4.48. The standard InChI is InChI=1S/C22H26F3N3O2/c23-22(24,25)18-4-2-1-3-14(18)11-27-19-10-20(30)17(12-29)16(19)9-15-7-8-26-21(28-15)13-5-6-13/h1-4,7-8,13,16-17,19-20,27,29-30H,5-6,9-12H2/t16-,17-,19-,20-/m1/s1. The molecule has 2 fully saturated rings. The van der Waals surface area contributed by atoms with Crippen LogP contribution in [0.2, 0.25) is 0 Å². The van der Waals surface area contributed by atoms with E-state index in [1.807, 2.05) is 6.07 Å². The molecule has 30 heavy (non-hydrogen) atoms. The molecule has 162 valence electrons. The number of benzene rings is 1. The number of nitrogens with zero attached hydrogens (tertiary/aromatic N) is 2. The van der Waals surface area contributed by atoms with Gasteiger partial charge in [-0.15, -0.1) is 0 Å². The maximum atomic E-state index is 13.3. The molecule has 5 nitrogen and oxygen atoms in total. The van der Waals surface area contributed by atoms with Crippen LogP contribution in [-0.2, 0) is 19.1 Å². The molecule has 0 amide bonds. The van der Waals surface area contributed by atoms with E-state index in [0.29, 0.717) is 18.8 Å². The van der Waals surface area contributed by atoms with Crippen LogP contribution < -0.4 is 5.32 Å². The summed E-state index contributed by atoms with van der Waals surface area (Å²) in [6.07, 6.45) is -0.298. The van der Waals surface area contributed by atoms with Gasteiger partial charge in [-0.3, -0.25) is 0 Å². The van der Waals surface area contributed by atoms with Crippen LogP contribution in [0.15, 0.2) is 36.5 Å². The molecule has 8 heteroatoms. The van der Waals surface area contributed by atoms with Crippen LogP contribution in [0.25, 0.3) is 0 Å². The van der Waals surface area contributed by atoms with Crippen molar-refractivity contribution in [1.82, 2.24) is 15.3 Å². The van der Waals surface area contributed by atoms with E-state index in [1.165, 1.54) is 12.1 Å². The summed E-state index contributed by atoms with van der Waals surface area (Å²) in [6.45, 7) is -0.136. The van der Waals surface area contributed by atoms with Crippen molar-refractivity contribution < 1.29 is 23.4 Å².